The van der Waals surface area contributed by atoms with Gasteiger partial charge >= 0.3 is 7.12 Å². The molecule has 0 atom stereocenters. The fraction of sp³-hybridized carbons (Fsp3) is 0.632. The van der Waals surface area contributed by atoms with Gasteiger partial charge in [-0.15, -0.1) is 0 Å². The van der Waals surface area contributed by atoms with Crippen LogP contribution in [0.15, 0.2) is 24.4 Å². The van der Waals surface area contributed by atoms with Crippen molar-refractivity contribution in [3.63, 3.8) is 0 Å². The summed E-state index contributed by atoms with van der Waals surface area (Å²) in [4.78, 5) is 0. The van der Waals surface area contributed by atoms with Crippen molar-refractivity contribution < 1.29 is 9.31 Å². The molecule has 1 aliphatic heterocycles. The van der Waals surface area contributed by atoms with E-state index in [1.54, 1.807) is 0 Å². The van der Waals surface area contributed by atoms with E-state index in [4.69, 9.17) is 9.31 Å². The Balaban J connectivity index is 1.54. The van der Waals surface area contributed by atoms with Gasteiger partial charge in [-0.3, -0.25) is 4.68 Å². The molecule has 0 N–H and O–H groups in total. The summed E-state index contributed by atoms with van der Waals surface area (Å²) < 4.78 is 14.5. The highest BCUT2D eigenvalue weighted by molar-refractivity contribution is 6.62. The maximum Gasteiger partial charge on any atom is 0.494 e. The quantitative estimate of drug-likeness (QED) is 0.807. The molecular formula is C19H27BN2O2. The first-order chi connectivity index (χ1) is 11.4. The van der Waals surface area contributed by atoms with Gasteiger partial charge in [-0.05, 0) is 51.6 Å². The van der Waals surface area contributed by atoms with Crippen LogP contribution in [0.5, 0.6) is 0 Å². The van der Waals surface area contributed by atoms with Crippen LogP contribution >= 0.6 is 0 Å². The Morgan fingerprint density at radius 2 is 1.88 bits per heavy atom. The number of aryl methyl sites for hydroxylation is 1. The first kappa shape index (κ1) is 16.2. The summed E-state index contributed by atoms with van der Waals surface area (Å²) >= 11 is 0. The van der Waals surface area contributed by atoms with Gasteiger partial charge in [-0.25, -0.2) is 0 Å². The lowest BCUT2D eigenvalue weighted by molar-refractivity contribution is 0.00578. The number of rotatable bonds is 4. The van der Waals surface area contributed by atoms with Gasteiger partial charge in [-0.2, -0.15) is 5.10 Å². The highest BCUT2D eigenvalue weighted by atomic mass is 16.7. The number of nitrogens with zero attached hydrogens (tertiary/aromatic N) is 2. The molecule has 2 aromatic rings. The van der Waals surface area contributed by atoms with Gasteiger partial charge in [0.25, 0.3) is 0 Å². The molecule has 4 nitrogen and oxygen atoms in total. The standard InChI is InChI=1S/C19H27BN2O2/c1-18(2)19(3,4)24-20(23-18)16-8-9-17-15(12-16)13-21-22(17)11-10-14-6-5-7-14/h8-9,12-14H,5-7,10-11H2,1-4H3. The van der Waals surface area contributed by atoms with Gasteiger partial charge in [0.2, 0.25) is 0 Å². The normalized spacial score (nSPS) is 22.9. The van der Waals surface area contributed by atoms with Crippen molar-refractivity contribution in [2.75, 3.05) is 0 Å². The van der Waals surface area contributed by atoms with Crippen LogP contribution in [0, 0.1) is 5.92 Å². The first-order valence-electron chi connectivity index (χ1n) is 9.17. The molecule has 1 saturated carbocycles. The van der Waals surface area contributed by atoms with Crippen molar-refractivity contribution in [3.8, 4) is 0 Å². The maximum atomic E-state index is 6.16. The predicted octanol–water partition coefficient (Wildman–Crippen LogP) is 3.53. The SMILES string of the molecule is CC1(C)OB(c2ccc3c(cnn3CCC3CCC3)c2)OC1(C)C. The lowest BCUT2D eigenvalue weighted by Crippen LogP contribution is -2.41. The van der Waals surface area contributed by atoms with E-state index < -0.39 is 0 Å². The molecule has 2 aliphatic rings. The molecule has 1 saturated heterocycles. The van der Waals surface area contributed by atoms with Crippen molar-refractivity contribution in [1.82, 2.24) is 9.78 Å². The van der Waals surface area contributed by atoms with Crippen LogP contribution < -0.4 is 5.46 Å². The van der Waals surface area contributed by atoms with E-state index in [0.717, 1.165) is 23.3 Å². The molecule has 0 amide bonds. The molecule has 1 aromatic heterocycles. The van der Waals surface area contributed by atoms with E-state index in [-0.39, 0.29) is 18.3 Å². The number of benzene rings is 1. The van der Waals surface area contributed by atoms with Gasteiger partial charge in [0.05, 0.1) is 22.9 Å². The molecule has 24 heavy (non-hydrogen) atoms. The molecule has 1 aromatic carbocycles. The Morgan fingerprint density at radius 3 is 2.50 bits per heavy atom. The van der Waals surface area contributed by atoms with Crippen molar-refractivity contribution in [1.29, 1.82) is 0 Å². The third-order valence-corrected chi connectivity index (χ3v) is 6.17. The summed E-state index contributed by atoms with van der Waals surface area (Å²) in [5.41, 5.74) is 1.66. The van der Waals surface area contributed by atoms with Crippen LogP contribution in [0.2, 0.25) is 0 Å². The van der Waals surface area contributed by atoms with Gasteiger partial charge in [0, 0.05) is 11.9 Å². The number of fused-ring (bicyclic) bond motifs is 1. The van der Waals surface area contributed by atoms with E-state index >= 15 is 0 Å². The van der Waals surface area contributed by atoms with Crippen LogP contribution in [0.25, 0.3) is 10.9 Å². The van der Waals surface area contributed by atoms with Gasteiger partial charge < -0.3 is 9.31 Å². The summed E-state index contributed by atoms with van der Waals surface area (Å²) in [5.74, 6) is 0.910. The van der Waals surface area contributed by atoms with Crippen molar-refractivity contribution in [2.24, 2.45) is 5.92 Å². The first-order valence-corrected chi connectivity index (χ1v) is 9.17. The van der Waals surface area contributed by atoms with Gasteiger partial charge in [0.1, 0.15) is 0 Å². The largest absolute Gasteiger partial charge is 0.494 e. The van der Waals surface area contributed by atoms with Crippen molar-refractivity contribution in [2.45, 2.75) is 71.1 Å². The Morgan fingerprint density at radius 1 is 1.17 bits per heavy atom. The van der Waals surface area contributed by atoms with E-state index in [9.17, 15) is 0 Å². The minimum absolute atomic E-state index is 0.306. The highest BCUT2D eigenvalue weighted by Crippen LogP contribution is 2.36. The van der Waals surface area contributed by atoms with Crippen LogP contribution in [0.3, 0.4) is 0 Å². The summed E-state index contributed by atoms with van der Waals surface area (Å²) in [5, 5.41) is 5.75. The Labute approximate surface area is 144 Å². The molecule has 128 valence electrons. The van der Waals surface area contributed by atoms with Gasteiger partial charge in [-0.1, -0.05) is 31.4 Å². The topological polar surface area (TPSA) is 36.3 Å². The summed E-state index contributed by atoms with van der Waals surface area (Å²) in [6, 6.07) is 6.43. The second kappa shape index (κ2) is 5.60. The monoisotopic (exact) mass is 326 g/mol. The Hall–Kier alpha value is -1.33. The summed E-state index contributed by atoms with van der Waals surface area (Å²) in [7, 11) is -0.308. The molecular weight excluding hydrogens is 299 g/mol. The third kappa shape index (κ3) is 2.68. The smallest absolute Gasteiger partial charge is 0.399 e. The highest BCUT2D eigenvalue weighted by Gasteiger charge is 2.51. The molecule has 0 bridgehead atoms. The molecule has 0 radical (unpaired) electrons. The van der Waals surface area contributed by atoms with Crippen LogP contribution in [-0.2, 0) is 15.9 Å². The minimum atomic E-state index is -0.308. The molecule has 5 heteroatoms. The van der Waals surface area contributed by atoms with E-state index in [1.165, 1.54) is 31.2 Å². The molecule has 0 spiro atoms. The van der Waals surface area contributed by atoms with Crippen LogP contribution in [-0.4, -0.2) is 28.1 Å². The number of hydrogen-bond donors (Lipinski definition) is 0. The molecule has 2 fully saturated rings. The maximum absolute atomic E-state index is 6.16. The molecule has 4 rings (SSSR count). The number of aromatic nitrogens is 2. The van der Waals surface area contributed by atoms with E-state index in [1.807, 2.05) is 6.20 Å². The second-order valence-electron chi connectivity index (χ2n) is 8.36. The van der Waals surface area contributed by atoms with Crippen LogP contribution in [0.4, 0.5) is 0 Å². The zero-order chi connectivity index (χ0) is 16.9. The third-order valence-electron chi connectivity index (χ3n) is 6.17. The summed E-state index contributed by atoms with van der Waals surface area (Å²) in [6.07, 6.45) is 7.40. The fourth-order valence-electron chi connectivity index (χ4n) is 3.50. The summed E-state index contributed by atoms with van der Waals surface area (Å²) in [6.45, 7) is 9.37. The van der Waals surface area contributed by atoms with E-state index in [0.29, 0.717) is 0 Å². The minimum Gasteiger partial charge on any atom is -0.399 e. The second-order valence-corrected chi connectivity index (χ2v) is 8.36. The molecule has 0 unspecified atom stereocenters. The van der Waals surface area contributed by atoms with E-state index in [2.05, 4.69) is 55.7 Å². The molecule has 2 heterocycles. The Bertz CT molecular complexity index is 733. The zero-order valence-corrected chi connectivity index (χ0v) is 15.2. The lowest BCUT2D eigenvalue weighted by atomic mass is 9.78. The fourth-order valence-corrected chi connectivity index (χ4v) is 3.50. The van der Waals surface area contributed by atoms with Crippen LogP contribution in [0.1, 0.15) is 53.4 Å². The average molecular weight is 326 g/mol. The van der Waals surface area contributed by atoms with Crippen molar-refractivity contribution >= 4 is 23.5 Å². The average Bonchev–Trinajstić information content (AvgIpc) is 2.95. The predicted molar refractivity (Wildman–Crippen MR) is 97.4 cm³/mol. The number of hydrogen-bond acceptors (Lipinski definition) is 3. The molecule has 1 aliphatic carbocycles. The zero-order valence-electron chi connectivity index (χ0n) is 15.2. The van der Waals surface area contributed by atoms with Crippen molar-refractivity contribution in [3.05, 3.63) is 24.4 Å². The Kier molecular flexibility index (Phi) is 3.77. The lowest BCUT2D eigenvalue weighted by Gasteiger charge is -2.32. The van der Waals surface area contributed by atoms with Gasteiger partial charge in [0.15, 0.2) is 0 Å².